The molecule has 4 nitrogen and oxygen atoms in total. The van der Waals surface area contributed by atoms with Crippen molar-refractivity contribution in [3.8, 4) is 0 Å². The number of aliphatic carboxylic acids is 1. The first-order valence-electron chi connectivity index (χ1n) is 6.99. The van der Waals surface area contributed by atoms with Crippen LogP contribution in [0.1, 0.15) is 38.3 Å². The molecule has 4 heteroatoms. The number of benzene rings is 1. The molecule has 0 aliphatic rings. The minimum absolute atomic E-state index is 0.109. The van der Waals surface area contributed by atoms with Gasteiger partial charge in [-0.15, -0.1) is 0 Å². The summed E-state index contributed by atoms with van der Waals surface area (Å²) in [7, 11) is 1.89. The molecular weight excluding hydrogens is 252 g/mol. The summed E-state index contributed by atoms with van der Waals surface area (Å²) < 4.78 is 0. The Morgan fingerprint density at radius 3 is 2.50 bits per heavy atom. The predicted molar refractivity (Wildman–Crippen MR) is 86.0 cm³/mol. The van der Waals surface area contributed by atoms with Gasteiger partial charge >= 0.3 is 5.97 Å². The summed E-state index contributed by atoms with van der Waals surface area (Å²) in [5, 5.41) is 15.0. The Labute approximate surface area is 121 Å². The van der Waals surface area contributed by atoms with Crippen LogP contribution in [0, 0.1) is 6.92 Å². The van der Waals surface area contributed by atoms with E-state index in [2.05, 4.69) is 10.6 Å². The van der Waals surface area contributed by atoms with Crippen molar-refractivity contribution in [1.82, 2.24) is 5.32 Å². The minimum Gasteiger partial charge on any atom is -0.481 e. The molecule has 20 heavy (non-hydrogen) atoms. The van der Waals surface area contributed by atoms with Gasteiger partial charge < -0.3 is 15.7 Å². The van der Waals surface area contributed by atoms with Crippen LogP contribution in [-0.4, -0.2) is 24.7 Å². The summed E-state index contributed by atoms with van der Waals surface area (Å²) in [5.41, 5.74) is 4.23. The van der Waals surface area contributed by atoms with Gasteiger partial charge in [-0.2, -0.15) is 0 Å². The van der Waals surface area contributed by atoms with Crippen LogP contribution in [0.2, 0.25) is 0 Å². The van der Waals surface area contributed by atoms with Crippen LogP contribution >= 0.6 is 0 Å². The van der Waals surface area contributed by atoms with Gasteiger partial charge in [0, 0.05) is 30.5 Å². The maximum atomic E-state index is 10.5. The Hall–Kier alpha value is -1.97. The summed E-state index contributed by atoms with van der Waals surface area (Å²) in [4.78, 5) is 10.5. The third-order valence-electron chi connectivity index (χ3n) is 2.76. The molecule has 0 fully saturated rings. The average molecular weight is 278 g/mol. The molecule has 0 aliphatic heterocycles. The number of carbonyl (C=O) groups is 1. The normalized spacial score (nSPS) is 10.3. The van der Waals surface area contributed by atoms with E-state index in [1.807, 2.05) is 59.0 Å². The summed E-state index contributed by atoms with van der Waals surface area (Å²) in [6.45, 7) is 8.40. The van der Waals surface area contributed by atoms with Gasteiger partial charge in [-0.25, -0.2) is 0 Å². The highest BCUT2D eigenvalue weighted by atomic mass is 16.4. The van der Waals surface area contributed by atoms with Gasteiger partial charge in [0.25, 0.3) is 0 Å². The largest absolute Gasteiger partial charge is 0.481 e. The zero-order valence-corrected chi connectivity index (χ0v) is 13.1. The second-order valence-corrected chi connectivity index (χ2v) is 4.02. The SMILES string of the molecule is C/C=C(\NCCC(=O)O)c1cccc(C)c1NC.CC. The standard InChI is InChI=1S/C14H20N2O2.C2H6/c1-4-12(16-9-8-13(17)18)11-7-5-6-10(2)14(11)15-3;1-2/h4-7,15-16H,8-9H2,1-3H3,(H,17,18);1-2H3/b12-4-;. The molecule has 0 saturated carbocycles. The number of carboxylic acid groups (broad SMARTS) is 1. The van der Waals surface area contributed by atoms with Crippen molar-refractivity contribution >= 4 is 17.4 Å². The highest BCUT2D eigenvalue weighted by Crippen LogP contribution is 2.25. The molecule has 0 aliphatic carbocycles. The lowest BCUT2D eigenvalue weighted by atomic mass is 10.0. The minimum atomic E-state index is -0.795. The molecule has 0 unspecified atom stereocenters. The zero-order valence-electron chi connectivity index (χ0n) is 13.1. The lowest BCUT2D eigenvalue weighted by Gasteiger charge is -2.16. The molecule has 3 N–H and O–H groups in total. The number of hydrogen-bond acceptors (Lipinski definition) is 3. The summed E-state index contributed by atoms with van der Waals surface area (Å²) in [5.74, 6) is -0.795. The number of carboxylic acids is 1. The first-order valence-corrected chi connectivity index (χ1v) is 6.99. The highest BCUT2D eigenvalue weighted by Gasteiger charge is 2.08. The van der Waals surface area contributed by atoms with Crippen molar-refractivity contribution < 1.29 is 9.90 Å². The number of aryl methyl sites for hydroxylation is 1. The fourth-order valence-electron chi connectivity index (χ4n) is 1.88. The zero-order chi connectivity index (χ0) is 15.5. The van der Waals surface area contributed by atoms with Gasteiger partial charge in [0.2, 0.25) is 0 Å². The van der Waals surface area contributed by atoms with E-state index in [1.54, 1.807) is 0 Å². The van der Waals surface area contributed by atoms with Crippen molar-refractivity contribution in [3.05, 3.63) is 35.4 Å². The highest BCUT2D eigenvalue weighted by molar-refractivity contribution is 5.77. The molecule has 0 bridgehead atoms. The molecule has 0 aromatic heterocycles. The lowest BCUT2D eigenvalue weighted by Crippen LogP contribution is -2.17. The summed E-state index contributed by atoms with van der Waals surface area (Å²) in [6, 6.07) is 6.05. The van der Waals surface area contributed by atoms with Crippen molar-refractivity contribution in [2.45, 2.75) is 34.1 Å². The van der Waals surface area contributed by atoms with E-state index in [1.165, 1.54) is 0 Å². The van der Waals surface area contributed by atoms with Crippen LogP contribution in [0.5, 0.6) is 0 Å². The summed E-state index contributed by atoms with van der Waals surface area (Å²) in [6.07, 6.45) is 2.06. The van der Waals surface area contributed by atoms with Gasteiger partial charge in [0.15, 0.2) is 0 Å². The molecule has 0 heterocycles. The van der Waals surface area contributed by atoms with Gasteiger partial charge in [-0.05, 0) is 19.4 Å². The van der Waals surface area contributed by atoms with Crippen molar-refractivity contribution in [2.24, 2.45) is 0 Å². The van der Waals surface area contributed by atoms with Crippen LogP contribution < -0.4 is 10.6 Å². The molecule has 0 atom stereocenters. The molecular formula is C16H26N2O2. The molecule has 0 saturated heterocycles. The maximum Gasteiger partial charge on any atom is 0.305 e. The molecule has 0 amide bonds. The smallest absolute Gasteiger partial charge is 0.305 e. The number of nitrogens with one attached hydrogen (secondary N) is 2. The molecule has 0 radical (unpaired) electrons. The van der Waals surface area contributed by atoms with E-state index < -0.39 is 5.97 Å². The Morgan fingerprint density at radius 1 is 1.35 bits per heavy atom. The number of allylic oxidation sites excluding steroid dienone is 1. The Morgan fingerprint density at radius 2 is 2.00 bits per heavy atom. The van der Waals surface area contributed by atoms with E-state index in [9.17, 15) is 4.79 Å². The molecule has 112 valence electrons. The van der Waals surface area contributed by atoms with E-state index in [-0.39, 0.29) is 6.42 Å². The van der Waals surface area contributed by atoms with Crippen molar-refractivity contribution in [1.29, 1.82) is 0 Å². The van der Waals surface area contributed by atoms with Crippen LogP contribution in [0.3, 0.4) is 0 Å². The van der Waals surface area contributed by atoms with E-state index in [4.69, 9.17) is 5.11 Å². The molecule has 0 spiro atoms. The third kappa shape index (κ3) is 5.34. The molecule has 1 aromatic carbocycles. The molecule has 1 aromatic rings. The van der Waals surface area contributed by atoms with E-state index >= 15 is 0 Å². The molecule has 1 rings (SSSR count). The predicted octanol–water partition coefficient (Wildman–Crippen LogP) is 3.49. The van der Waals surface area contributed by atoms with E-state index in [0.717, 1.165) is 22.5 Å². The van der Waals surface area contributed by atoms with Crippen LogP contribution in [0.15, 0.2) is 24.3 Å². The Balaban J connectivity index is 0.00000172. The Bertz CT molecular complexity index is 454. The third-order valence-corrected chi connectivity index (χ3v) is 2.76. The van der Waals surface area contributed by atoms with Crippen molar-refractivity contribution in [3.63, 3.8) is 0 Å². The van der Waals surface area contributed by atoms with Crippen LogP contribution in [-0.2, 0) is 4.79 Å². The summed E-state index contributed by atoms with van der Waals surface area (Å²) >= 11 is 0. The van der Waals surface area contributed by atoms with Gasteiger partial charge in [0.05, 0.1) is 6.42 Å². The van der Waals surface area contributed by atoms with Crippen LogP contribution in [0.25, 0.3) is 5.70 Å². The Kier molecular flexibility index (Phi) is 8.92. The lowest BCUT2D eigenvalue weighted by molar-refractivity contribution is -0.136. The van der Waals surface area contributed by atoms with Crippen LogP contribution in [0.4, 0.5) is 5.69 Å². The van der Waals surface area contributed by atoms with Gasteiger partial charge in [0.1, 0.15) is 0 Å². The topological polar surface area (TPSA) is 61.4 Å². The second-order valence-electron chi connectivity index (χ2n) is 4.02. The number of hydrogen-bond donors (Lipinski definition) is 3. The van der Waals surface area contributed by atoms with Crippen molar-refractivity contribution in [2.75, 3.05) is 18.9 Å². The fourth-order valence-corrected chi connectivity index (χ4v) is 1.88. The second kappa shape index (κ2) is 9.89. The first kappa shape index (κ1) is 18.0. The quantitative estimate of drug-likeness (QED) is 0.745. The van der Waals surface area contributed by atoms with Gasteiger partial charge in [-0.3, -0.25) is 4.79 Å². The van der Waals surface area contributed by atoms with E-state index in [0.29, 0.717) is 6.54 Å². The first-order chi connectivity index (χ1) is 9.60. The fraction of sp³-hybridized carbons (Fsp3) is 0.438. The number of para-hydroxylation sites is 1. The maximum absolute atomic E-state index is 10.5. The average Bonchev–Trinajstić information content (AvgIpc) is 2.45. The number of anilines is 1. The number of rotatable bonds is 6. The monoisotopic (exact) mass is 278 g/mol. The van der Waals surface area contributed by atoms with Gasteiger partial charge in [-0.1, -0.05) is 38.1 Å².